The number of hydrogen-bond donors (Lipinski definition) is 2. The molecule has 0 bridgehead atoms. The highest BCUT2D eigenvalue weighted by atomic mass is 16.2. The Balaban J connectivity index is 1.83. The van der Waals surface area contributed by atoms with Crippen molar-refractivity contribution in [2.45, 2.75) is 39.7 Å². The molecule has 3 nitrogen and oxygen atoms in total. The predicted molar refractivity (Wildman–Crippen MR) is 74.6 cm³/mol. The van der Waals surface area contributed by atoms with Crippen LogP contribution in [-0.2, 0) is 11.2 Å². The Morgan fingerprint density at radius 2 is 2.11 bits per heavy atom. The molecular weight excluding hydrogens is 224 g/mol. The predicted octanol–water partition coefficient (Wildman–Crippen LogP) is 2.58. The Hall–Kier alpha value is -1.51. The van der Waals surface area contributed by atoms with Gasteiger partial charge in [0.1, 0.15) is 6.04 Å². The van der Waals surface area contributed by atoms with Crippen LogP contribution in [0.15, 0.2) is 24.3 Å². The number of nitrogens with one attached hydrogen (secondary N) is 2. The summed E-state index contributed by atoms with van der Waals surface area (Å²) in [6.07, 6.45) is 1.79. The summed E-state index contributed by atoms with van der Waals surface area (Å²) in [5.74, 6) is 0.107. The fourth-order valence-corrected chi connectivity index (χ4v) is 2.14. The Bertz CT molecular complexity index is 409. The van der Waals surface area contributed by atoms with Gasteiger partial charge < -0.3 is 10.6 Å². The van der Waals surface area contributed by atoms with Crippen LogP contribution < -0.4 is 10.6 Å². The van der Waals surface area contributed by atoms with Gasteiger partial charge in [0.2, 0.25) is 5.91 Å². The van der Waals surface area contributed by atoms with Crippen molar-refractivity contribution in [1.82, 2.24) is 5.32 Å². The van der Waals surface area contributed by atoms with Crippen molar-refractivity contribution in [3.8, 4) is 0 Å². The van der Waals surface area contributed by atoms with Gasteiger partial charge in [-0.1, -0.05) is 39.0 Å². The lowest BCUT2D eigenvalue weighted by atomic mass is 9.92. The zero-order valence-corrected chi connectivity index (χ0v) is 11.4. The topological polar surface area (TPSA) is 41.1 Å². The van der Waals surface area contributed by atoms with Crippen molar-refractivity contribution in [3.05, 3.63) is 29.8 Å². The molecule has 0 unspecified atom stereocenters. The number of carbonyl (C=O) groups excluding carboxylic acids is 1. The highest BCUT2D eigenvalue weighted by Crippen LogP contribution is 2.25. The zero-order valence-electron chi connectivity index (χ0n) is 11.4. The fraction of sp³-hybridized carbons (Fsp3) is 0.533. The molecule has 1 atom stereocenters. The van der Waals surface area contributed by atoms with E-state index in [9.17, 15) is 4.79 Å². The van der Waals surface area contributed by atoms with E-state index in [0.717, 1.165) is 25.1 Å². The van der Waals surface area contributed by atoms with E-state index in [1.165, 1.54) is 5.56 Å². The van der Waals surface area contributed by atoms with Gasteiger partial charge >= 0.3 is 0 Å². The van der Waals surface area contributed by atoms with Crippen LogP contribution in [0.25, 0.3) is 0 Å². The molecule has 3 heteroatoms. The lowest BCUT2D eigenvalue weighted by Gasteiger charge is -2.19. The minimum Gasteiger partial charge on any atom is -0.373 e. The van der Waals surface area contributed by atoms with E-state index in [2.05, 4.69) is 37.5 Å². The number of benzene rings is 1. The Labute approximate surface area is 109 Å². The zero-order chi connectivity index (χ0) is 13.2. The largest absolute Gasteiger partial charge is 0.373 e. The quantitative estimate of drug-likeness (QED) is 0.860. The first kappa shape index (κ1) is 12.9. The number of fused-ring (bicyclic) bond motifs is 1. The van der Waals surface area contributed by atoms with Crippen LogP contribution in [0.1, 0.15) is 32.8 Å². The second-order valence-corrected chi connectivity index (χ2v) is 6.16. The van der Waals surface area contributed by atoms with Crippen LogP contribution in [-0.4, -0.2) is 18.5 Å². The molecule has 0 radical (unpaired) electrons. The molecule has 1 aromatic carbocycles. The summed E-state index contributed by atoms with van der Waals surface area (Å²) < 4.78 is 0. The van der Waals surface area contributed by atoms with Gasteiger partial charge in [0.25, 0.3) is 0 Å². The van der Waals surface area contributed by atoms with E-state index < -0.39 is 0 Å². The van der Waals surface area contributed by atoms with Crippen LogP contribution in [0.3, 0.4) is 0 Å². The monoisotopic (exact) mass is 246 g/mol. The van der Waals surface area contributed by atoms with Gasteiger partial charge in [-0.25, -0.2) is 0 Å². The Kier molecular flexibility index (Phi) is 3.60. The van der Waals surface area contributed by atoms with E-state index in [1.54, 1.807) is 0 Å². The molecule has 2 rings (SSSR count). The van der Waals surface area contributed by atoms with Gasteiger partial charge in [0.05, 0.1) is 0 Å². The molecular formula is C15H22N2O. The molecule has 1 aliphatic heterocycles. The fourth-order valence-electron chi connectivity index (χ4n) is 2.14. The van der Waals surface area contributed by atoms with Crippen molar-refractivity contribution in [2.24, 2.45) is 5.41 Å². The molecule has 1 heterocycles. The van der Waals surface area contributed by atoms with Crippen molar-refractivity contribution in [1.29, 1.82) is 0 Å². The normalized spacial score (nSPS) is 18.1. The molecule has 1 amide bonds. The smallest absolute Gasteiger partial charge is 0.242 e. The van der Waals surface area contributed by atoms with Gasteiger partial charge in [-0.2, -0.15) is 0 Å². The number of carbonyl (C=O) groups is 1. The summed E-state index contributed by atoms with van der Waals surface area (Å²) >= 11 is 0. The third-order valence-electron chi connectivity index (χ3n) is 3.26. The van der Waals surface area contributed by atoms with Crippen LogP contribution in [0.4, 0.5) is 5.69 Å². The van der Waals surface area contributed by atoms with E-state index in [4.69, 9.17) is 0 Å². The highest BCUT2D eigenvalue weighted by Gasteiger charge is 2.26. The summed E-state index contributed by atoms with van der Waals surface area (Å²) in [6.45, 7) is 7.30. The first-order valence-corrected chi connectivity index (χ1v) is 6.58. The second kappa shape index (κ2) is 5.01. The number of hydrogen-bond acceptors (Lipinski definition) is 2. The minimum atomic E-state index is -0.109. The lowest BCUT2D eigenvalue weighted by molar-refractivity contribution is -0.121. The molecule has 0 spiro atoms. The molecule has 1 aliphatic rings. The number of amides is 1. The third-order valence-corrected chi connectivity index (χ3v) is 3.26. The minimum absolute atomic E-state index is 0.107. The maximum absolute atomic E-state index is 12.0. The van der Waals surface area contributed by atoms with Crippen LogP contribution in [0, 0.1) is 5.41 Å². The van der Waals surface area contributed by atoms with Crippen LogP contribution >= 0.6 is 0 Å². The third kappa shape index (κ3) is 3.25. The van der Waals surface area contributed by atoms with Crippen molar-refractivity contribution in [2.75, 3.05) is 11.9 Å². The molecule has 18 heavy (non-hydrogen) atoms. The molecule has 98 valence electrons. The average Bonchev–Trinajstić information content (AvgIpc) is 2.70. The summed E-state index contributed by atoms with van der Waals surface area (Å²) in [5, 5.41) is 6.28. The molecule has 0 fully saturated rings. The molecule has 0 saturated heterocycles. The van der Waals surface area contributed by atoms with Gasteiger partial charge in [-0.05, 0) is 23.5 Å². The van der Waals surface area contributed by atoms with Crippen molar-refractivity contribution < 1.29 is 4.79 Å². The Morgan fingerprint density at radius 3 is 2.78 bits per heavy atom. The molecule has 0 saturated carbocycles. The van der Waals surface area contributed by atoms with Gasteiger partial charge in [0, 0.05) is 18.7 Å². The maximum Gasteiger partial charge on any atom is 0.242 e. The SMILES string of the molecule is CC(C)(C)CCNC(=O)[C@@H]1Cc2ccccc2N1. The Morgan fingerprint density at radius 1 is 1.39 bits per heavy atom. The molecule has 1 aromatic rings. The first-order chi connectivity index (χ1) is 8.46. The van der Waals surface area contributed by atoms with E-state index in [1.807, 2.05) is 18.2 Å². The standard InChI is InChI=1S/C15H22N2O/c1-15(2,3)8-9-16-14(18)13-10-11-6-4-5-7-12(11)17-13/h4-7,13,17H,8-10H2,1-3H3,(H,16,18)/t13-/m0/s1. The summed E-state index contributed by atoms with van der Waals surface area (Å²) in [4.78, 5) is 12.0. The van der Waals surface area contributed by atoms with Crippen molar-refractivity contribution >= 4 is 11.6 Å². The summed E-state index contributed by atoms with van der Waals surface area (Å²) in [7, 11) is 0. The van der Waals surface area contributed by atoms with Gasteiger partial charge in [0.15, 0.2) is 0 Å². The first-order valence-electron chi connectivity index (χ1n) is 6.58. The average molecular weight is 246 g/mol. The highest BCUT2D eigenvalue weighted by molar-refractivity contribution is 5.87. The number of anilines is 1. The van der Waals surface area contributed by atoms with E-state index in [-0.39, 0.29) is 17.4 Å². The lowest BCUT2D eigenvalue weighted by Crippen LogP contribution is -2.39. The molecule has 2 N–H and O–H groups in total. The van der Waals surface area contributed by atoms with Crippen LogP contribution in [0.2, 0.25) is 0 Å². The van der Waals surface area contributed by atoms with Gasteiger partial charge in [-0.15, -0.1) is 0 Å². The van der Waals surface area contributed by atoms with E-state index >= 15 is 0 Å². The molecule has 0 aliphatic carbocycles. The van der Waals surface area contributed by atoms with Crippen LogP contribution in [0.5, 0.6) is 0 Å². The van der Waals surface area contributed by atoms with E-state index in [0.29, 0.717) is 0 Å². The summed E-state index contributed by atoms with van der Waals surface area (Å²) in [6, 6.07) is 8.00. The van der Waals surface area contributed by atoms with Gasteiger partial charge in [-0.3, -0.25) is 4.79 Å². The molecule has 0 aromatic heterocycles. The summed E-state index contributed by atoms with van der Waals surface area (Å²) in [5.41, 5.74) is 2.58. The second-order valence-electron chi connectivity index (χ2n) is 6.16. The maximum atomic E-state index is 12.0. The number of rotatable bonds is 3. The number of para-hydroxylation sites is 1. The van der Waals surface area contributed by atoms with Crippen molar-refractivity contribution in [3.63, 3.8) is 0 Å².